The van der Waals surface area contributed by atoms with Gasteiger partial charge in [-0.2, -0.15) is 13.5 Å². The van der Waals surface area contributed by atoms with Crippen molar-refractivity contribution < 1.29 is 17.3 Å². The molecule has 0 aliphatic carbocycles. The molecule has 158 valence electrons. The Kier molecular flexibility index (Phi) is 8.16. The van der Waals surface area contributed by atoms with Gasteiger partial charge in [0.05, 0.1) is 6.61 Å². The smallest absolute Gasteiger partial charge is 0.339 e. The van der Waals surface area contributed by atoms with Crippen molar-refractivity contribution in [2.45, 2.75) is 24.7 Å². The summed E-state index contributed by atoms with van der Waals surface area (Å²) in [6, 6.07) is 13.2. The van der Waals surface area contributed by atoms with E-state index in [1.807, 2.05) is 13.0 Å². The second kappa shape index (κ2) is 10.4. The van der Waals surface area contributed by atoms with Gasteiger partial charge in [0.2, 0.25) is 0 Å². The van der Waals surface area contributed by atoms with Crippen molar-refractivity contribution in [3.63, 3.8) is 0 Å². The molecule has 0 radical (unpaired) electrons. The average Bonchev–Trinajstić information content (AvgIpc) is 2.68. The molecule has 2 aromatic rings. The zero-order valence-electron chi connectivity index (χ0n) is 16.2. The quantitative estimate of drug-likeness (QED) is 0.234. The molecule has 1 fully saturated rings. The second-order valence-corrected chi connectivity index (χ2v) is 8.43. The van der Waals surface area contributed by atoms with Gasteiger partial charge in [-0.25, -0.2) is 0 Å². The zero-order chi connectivity index (χ0) is 20.0. The maximum atomic E-state index is 12.4. The minimum absolute atomic E-state index is 0. The third kappa shape index (κ3) is 6.54. The van der Waals surface area contributed by atoms with Gasteiger partial charge in [0.15, 0.2) is 0 Å². The third-order valence-electron chi connectivity index (χ3n) is 4.63. The molecule has 0 atom stereocenters. The number of aryl methyl sites for hydroxylation is 1. The Morgan fingerprint density at radius 3 is 2.45 bits per heavy atom. The standard InChI is InChI=1S/C20H25N3O4S.ClH/c1-16-11-18(26-14-17-7-9-23(10-8-17)15-22-21)13-19(12-16)27-28(24,25)20-5-3-2-4-6-20;/h2-6,11-13,15,17H,7-10,14,21H2,1H3;1H. The lowest BCUT2D eigenvalue weighted by Crippen LogP contribution is -2.34. The first kappa shape index (κ1) is 22.8. The fourth-order valence-corrected chi connectivity index (χ4v) is 4.09. The van der Waals surface area contributed by atoms with E-state index < -0.39 is 10.1 Å². The van der Waals surface area contributed by atoms with E-state index in [9.17, 15) is 8.42 Å². The highest BCUT2D eigenvalue weighted by Crippen LogP contribution is 2.27. The van der Waals surface area contributed by atoms with Crippen LogP contribution in [0, 0.1) is 12.8 Å². The highest BCUT2D eigenvalue weighted by Gasteiger charge is 2.19. The predicted octanol–water partition coefficient (Wildman–Crippen LogP) is 3.18. The molecule has 0 amide bonds. The van der Waals surface area contributed by atoms with Crippen LogP contribution in [0.1, 0.15) is 18.4 Å². The molecule has 0 spiro atoms. The van der Waals surface area contributed by atoms with Crippen LogP contribution in [0.3, 0.4) is 0 Å². The maximum absolute atomic E-state index is 12.4. The summed E-state index contributed by atoms with van der Waals surface area (Å²) in [6.07, 6.45) is 3.64. The third-order valence-corrected chi connectivity index (χ3v) is 5.89. The van der Waals surface area contributed by atoms with Gasteiger partial charge in [0.25, 0.3) is 0 Å². The van der Waals surface area contributed by atoms with Crippen LogP contribution < -0.4 is 14.8 Å². The van der Waals surface area contributed by atoms with Crippen molar-refractivity contribution in [3.05, 3.63) is 54.1 Å². The monoisotopic (exact) mass is 439 g/mol. The minimum Gasteiger partial charge on any atom is -0.493 e. The lowest BCUT2D eigenvalue weighted by molar-refractivity contribution is 0.183. The molecule has 9 heteroatoms. The molecule has 2 aromatic carbocycles. The summed E-state index contributed by atoms with van der Waals surface area (Å²) in [4.78, 5) is 2.20. The van der Waals surface area contributed by atoms with Gasteiger partial charge >= 0.3 is 10.1 Å². The summed E-state index contributed by atoms with van der Waals surface area (Å²) in [5.41, 5.74) is 0.865. The van der Waals surface area contributed by atoms with Gasteiger partial charge in [0, 0.05) is 19.2 Å². The highest BCUT2D eigenvalue weighted by atomic mass is 35.5. The first-order valence-electron chi connectivity index (χ1n) is 9.18. The summed E-state index contributed by atoms with van der Waals surface area (Å²) in [7, 11) is -3.88. The van der Waals surface area contributed by atoms with Crippen molar-refractivity contribution in [2.24, 2.45) is 16.9 Å². The number of hydrazone groups is 1. The fourth-order valence-electron chi connectivity index (χ4n) is 3.15. The van der Waals surface area contributed by atoms with Gasteiger partial charge in [-0.05, 0) is 55.5 Å². The van der Waals surface area contributed by atoms with E-state index in [-0.39, 0.29) is 23.1 Å². The fraction of sp³-hybridized carbons (Fsp3) is 0.350. The SMILES string of the molecule is Cc1cc(OCC2CCN(C=NN)CC2)cc(OS(=O)(=O)c2ccccc2)c1.Cl. The number of halogens is 1. The number of piperidine rings is 1. The largest absolute Gasteiger partial charge is 0.493 e. The highest BCUT2D eigenvalue weighted by molar-refractivity contribution is 7.87. The minimum atomic E-state index is -3.88. The molecule has 2 N–H and O–H groups in total. The molecule has 7 nitrogen and oxygen atoms in total. The summed E-state index contributed by atoms with van der Waals surface area (Å²) in [5.74, 6) is 6.46. The van der Waals surface area contributed by atoms with E-state index in [1.54, 1.807) is 36.7 Å². The molecular formula is C20H26ClN3O4S. The van der Waals surface area contributed by atoms with Crippen LogP contribution in [0.15, 0.2) is 58.5 Å². The molecule has 1 aliphatic heterocycles. The Bertz CT molecular complexity index is 915. The van der Waals surface area contributed by atoms with Crippen LogP contribution in [-0.4, -0.2) is 39.4 Å². The summed E-state index contributed by atoms with van der Waals surface area (Å²) in [6.45, 7) is 4.24. The first-order chi connectivity index (χ1) is 13.5. The van der Waals surface area contributed by atoms with Crippen LogP contribution in [0.2, 0.25) is 0 Å². The molecule has 0 saturated carbocycles. The van der Waals surface area contributed by atoms with Crippen molar-refractivity contribution in [1.82, 2.24) is 4.90 Å². The van der Waals surface area contributed by atoms with E-state index in [2.05, 4.69) is 10.0 Å². The molecule has 0 bridgehead atoms. The molecule has 1 aliphatic rings. The first-order valence-corrected chi connectivity index (χ1v) is 10.6. The topological polar surface area (TPSA) is 94.2 Å². The average molecular weight is 440 g/mol. The Hall–Kier alpha value is -2.45. The maximum Gasteiger partial charge on any atom is 0.339 e. The molecule has 0 aromatic heterocycles. The number of nitrogens with zero attached hydrogens (tertiary/aromatic N) is 2. The second-order valence-electron chi connectivity index (χ2n) is 6.89. The van der Waals surface area contributed by atoms with Crippen LogP contribution in [0.4, 0.5) is 0 Å². The van der Waals surface area contributed by atoms with E-state index in [1.165, 1.54) is 12.1 Å². The number of benzene rings is 2. The Balaban J connectivity index is 0.00000300. The Morgan fingerprint density at radius 2 is 1.79 bits per heavy atom. The van der Waals surface area contributed by atoms with E-state index >= 15 is 0 Å². The van der Waals surface area contributed by atoms with Gasteiger partial charge in [0.1, 0.15) is 22.7 Å². The predicted molar refractivity (Wildman–Crippen MR) is 115 cm³/mol. The number of hydrogen-bond acceptors (Lipinski definition) is 6. The van der Waals surface area contributed by atoms with Crippen molar-refractivity contribution in [3.8, 4) is 11.5 Å². The normalized spacial score (nSPS) is 15.1. The van der Waals surface area contributed by atoms with Crippen molar-refractivity contribution in [2.75, 3.05) is 19.7 Å². The van der Waals surface area contributed by atoms with E-state index in [4.69, 9.17) is 14.8 Å². The lowest BCUT2D eigenvalue weighted by atomic mass is 9.98. The Morgan fingerprint density at radius 1 is 1.14 bits per heavy atom. The molecular weight excluding hydrogens is 414 g/mol. The Labute approximate surface area is 178 Å². The molecule has 0 unspecified atom stereocenters. The zero-order valence-corrected chi connectivity index (χ0v) is 17.9. The lowest BCUT2D eigenvalue weighted by Gasteiger charge is -2.30. The number of rotatable bonds is 7. The van der Waals surface area contributed by atoms with Crippen LogP contribution in [-0.2, 0) is 10.1 Å². The number of ether oxygens (including phenoxy) is 1. The van der Waals surface area contributed by atoms with E-state index in [0.29, 0.717) is 18.3 Å². The van der Waals surface area contributed by atoms with Crippen LogP contribution >= 0.6 is 12.4 Å². The van der Waals surface area contributed by atoms with Crippen LogP contribution in [0.5, 0.6) is 11.5 Å². The molecule has 1 saturated heterocycles. The number of likely N-dealkylation sites (tertiary alicyclic amines) is 1. The summed E-state index contributed by atoms with van der Waals surface area (Å²) >= 11 is 0. The van der Waals surface area contributed by atoms with Crippen molar-refractivity contribution >= 4 is 28.9 Å². The van der Waals surface area contributed by atoms with Crippen LogP contribution in [0.25, 0.3) is 0 Å². The molecule has 29 heavy (non-hydrogen) atoms. The van der Waals surface area contributed by atoms with Crippen molar-refractivity contribution in [1.29, 1.82) is 0 Å². The molecule has 1 heterocycles. The van der Waals surface area contributed by atoms with Gasteiger partial charge in [-0.3, -0.25) is 0 Å². The molecule has 3 rings (SSSR count). The van der Waals surface area contributed by atoms with Gasteiger partial charge in [-0.15, -0.1) is 12.4 Å². The van der Waals surface area contributed by atoms with Gasteiger partial charge in [-0.1, -0.05) is 18.2 Å². The summed E-state index contributed by atoms with van der Waals surface area (Å²) in [5, 5.41) is 3.56. The van der Waals surface area contributed by atoms with Gasteiger partial charge < -0.3 is 19.7 Å². The summed E-state index contributed by atoms with van der Waals surface area (Å²) < 4.78 is 36.1. The number of hydrogen-bond donors (Lipinski definition) is 1. The number of nitrogens with two attached hydrogens (primary N) is 1. The van der Waals surface area contributed by atoms with E-state index in [0.717, 1.165) is 31.5 Å².